The number of nitrogens with zero attached hydrogens (tertiary/aromatic N) is 4. The molecule has 0 aromatic heterocycles. The molecule has 40 heavy (non-hydrogen) atoms. The Morgan fingerprint density at radius 3 is 2.88 bits per heavy atom. The number of piperazine rings is 1. The van der Waals surface area contributed by atoms with Gasteiger partial charge in [0.25, 0.3) is 0 Å². The molecule has 5 aliphatic rings. The van der Waals surface area contributed by atoms with E-state index in [0.29, 0.717) is 42.7 Å². The lowest BCUT2D eigenvalue weighted by atomic mass is 9.69. The van der Waals surface area contributed by atoms with Crippen molar-refractivity contribution in [3.05, 3.63) is 42.5 Å². The quantitative estimate of drug-likeness (QED) is 0.499. The number of nitriles is 1. The van der Waals surface area contributed by atoms with E-state index in [9.17, 15) is 5.26 Å². The van der Waals surface area contributed by atoms with Gasteiger partial charge in [-0.25, -0.2) is 4.39 Å². The van der Waals surface area contributed by atoms with Gasteiger partial charge >= 0.3 is 0 Å². The number of fused-ring (bicyclic) bond motifs is 2. The largest absolute Gasteiger partial charge is 0.487 e. The smallest absolute Gasteiger partial charge is 0.164 e. The summed E-state index contributed by atoms with van der Waals surface area (Å²) in [5, 5.41) is 17.1. The van der Waals surface area contributed by atoms with Crippen LogP contribution in [0.2, 0.25) is 0 Å². The number of likely N-dealkylation sites (tertiary alicyclic amines) is 1. The minimum Gasteiger partial charge on any atom is -0.487 e. The molecule has 1 saturated carbocycles. The zero-order valence-corrected chi connectivity index (χ0v) is 23.8. The van der Waals surface area contributed by atoms with E-state index in [1.54, 1.807) is 0 Å². The summed E-state index contributed by atoms with van der Waals surface area (Å²) >= 11 is 0. The molecule has 1 spiro atoms. The minimum atomic E-state index is -1.01. The van der Waals surface area contributed by atoms with Gasteiger partial charge in [0, 0.05) is 68.6 Å². The molecule has 6 rings (SSSR count). The Bertz CT molecular complexity index is 1080. The predicted molar refractivity (Wildman–Crippen MR) is 152 cm³/mol. The van der Waals surface area contributed by atoms with Crippen LogP contribution >= 0.6 is 0 Å². The number of hydrogen-bond acceptors (Lipinski definition) is 8. The van der Waals surface area contributed by atoms with Crippen molar-refractivity contribution in [2.45, 2.75) is 87.4 Å². The average molecular weight is 553 g/mol. The first-order chi connectivity index (χ1) is 19.5. The monoisotopic (exact) mass is 552 g/mol. The van der Waals surface area contributed by atoms with Gasteiger partial charge in [0.15, 0.2) is 6.35 Å². The van der Waals surface area contributed by atoms with Crippen LogP contribution in [-0.4, -0.2) is 97.3 Å². The maximum absolute atomic E-state index is 15.4. The molecule has 4 aliphatic heterocycles. The summed E-state index contributed by atoms with van der Waals surface area (Å²) in [6.45, 7) is 9.20. The highest BCUT2D eigenvalue weighted by molar-refractivity contribution is 5.38. The van der Waals surface area contributed by atoms with Crippen LogP contribution in [0.1, 0.15) is 56.7 Å². The SMILES string of the molecule is C=CCN1CCN(C2NC(OCC3CCCN3C)NC3C[C@@]4(CCC32)CC(F)c2ccccc2O4)CC1CC#N. The third-order valence-corrected chi connectivity index (χ3v) is 10.1. The lowest BCUT2D eigenvalue weighted by Crippen LogP contribution is -2.73. The third-order valence-electron chi connectivity index (χ3n) is 10.1. The molecule has 4 heterocycles. The molecule has 1 aliphatic carbocycles. The van der Waals surface area contributed by atoms with E-state index in [1.807, 2.05) is 30.3 Å². The van der Waals surface area contributed by atoms with Crippen molar-refractivity contribution in [1.29, 1.82) is 5.26 Å². The number of ether oxygens (including phenoxy) is 2. The van der Waals surface area contributed by atoms with E-state index >= 15 is 4.39 Å². The lowest BCUT2D eigenvalue weighted by Gasteiger charge is -2.56. The molecule has 7 unspecified atom stereocenters. The van der Waals surface area contributed by atoms with Gasteiger partial charge in [0.2, 0.25) is 0 Å². The minimum absolute atomic E-state index is 0.124. The van der Waals surface area contributed by atoms with E-state index in [0.717, 1.165) is 58.4 Å². The van der Waals surface area contributed by atoms with E-state index < -0.39 is 11.8 Å². The summed E-state index contributed by atoms with van der Waals surface area (Å²) in [7, 11) is 2.18. The molecule has 1 aromatic rings. The van der Waals surface area contributed by atoms with Crippen molar-refractivity contribution in [1.82, 2.24) is 25.3 Å². The van der Waals surface area contributed by atoms with Gasteiger partial charge in [-0.1, -0.05) is 24.3 Å². The second-order valence-electron chi connectivity index (χ2n) is 12.6. The van der Waals surface area contributed by atoms with Crippen LogP contribution in [0.25, 0.3) is 0 Å². The van der Waals surface area contributed by atoms with Crippen LogP contribution in [-0.2, 0) is 4.74 Å². The normalized spacial score (nSPS) is 38.8. The second-order valence-corrected chi connectivity index (χ2v) is 12.6. The van der Waals surface area contributed by atoms with Crippen LogP contribution in [0.4, 0.5) is 4.39 Å². The number of likely N-dealkylation sites (N-methyl/N-ethyl adjacent to an activating group) is 1. The van der Waals surface area contributed by atoms with Crippen molar-refractivity contribution in [2.75, 3.05) is 46.4 Å². The average Bonchev–Trinajstić information content (AvgIpc) is 3.37. The van der Waals surface area contributed by atoms with Crippen LogP contribution in [0, 0.1) is 17.2 Å². The Hall–Kier alpha value is -2.06. The molecule has 218 valence electrons. The Morgan fingerprint density at radius 1 is 1.20 bits per heavy atom. The van der Waals surface area contributed by atoms with E-state index in [-0.39, 0.29) is 24.6 Å². The van der Waals surface area contributed by atoms with Gasteiger partial charge in [-0.2, -0.15) is 5.26 Å². The van der Waals surface area contributed by atoms with Crippen LogP contribution < -0.4 is 15.4 Å². The van der Waals surface area contributed by atoms with Gasteiger partial charge in [-0.05, 0) is 45.3 Å². The van der Waals surface area contributed by atoms with Gasteiger partial charge in [-0.15, -0.1) is 6.58 Å². The highest BCUT2D eigenvalue weighted by atomic mass is 19.1. The second kappa shape index (κ2) is 12.0. The number of halogens is 1. The standard InChI is InChI=1S/C31H45FN6O2/c1-3-14-37-16-17-38(20-22(37)11-13-33)29-25-10-12-31(18-26(32)24-8-4-5-9-28(24)40-31)19-27(25)34-30(35-29)39-21-23-7-6-15-36(23)2/h3-5,8-9,22-23,25-27,29-30,34-35H,1,6-7,10-12,14-21H2,2H3/t22?,23?,25?,26?,27?,29?,30?,31-/m1/s1. The molecule has 0 radical (unpaired) electrons. The Morgan fingerprint density at radius 2 is 2.08 bits per heavy atom. The van der Waals surface area contributed by atoms with Gasteiger partial charge in [0.05, 0.1) is 25.3 Å². The number of rotatable bonds is 7. The molecule has 0 bridgehead atoms. The van der Waals surface area contributed by atoms with Crippen molar-refractivity contribution >= 4 is 0 Å². The fraction of sp³-hybridized carbons (Fsp3) is 0.710. The first-order valence-corrected chi connectivity index (χ1v) is 15.2. The summed E-state index contributed by atoms with van der Waals surface area (Å²) in [6.07, 6.45) is 6.58. The number of nitrogens with one attached hydrogen (secondary N) is 2. The zero-order valence-electron chi connectivity index (χ0n) is 23.8. The molecule has 2 N–H and O–H groups in total. The molecule has 8 nitrogen and oxygen atoms in total. The fourth-order valence-corrected chi connectivity index (χ4v) is 7.93. The Labute approximate surface area is 238 Å². The van der Waals surface area contributed by atoms with Crippen LogP contribution in [0.5, 0.6) is 5.75 Å². The number of hydrogen-bond donors (Lipinski definition) is 2. The summed E-state index contributed by atoms with van der Waals surface area (Å²) in [4.78, 5) is 7.30. The van der Waals surface area contributed by atoms with Gasteiger partial charge in [0.1, 0.15) is 17.5 Å². The molecule has 1 aromatic carbocycles. The lowest BCUT2D eigenvalue weighted by molar-refractivity contribution is -0.129. The molecular formula is C31H45FN6O2. The maximum atomic E-state index is 15.4. The van der Waals surface area contributed by atoms with E-state index in [4.69, 9.17) is 9.47 Å². The number of alkyl halides is 1. The zero-order chi connectivity index (χ0) is 27.7. The summed E-state index contributed by atoms with van der Waals surface area (Å²) in [6, 6.07) is 10.7. The molecule has 4 fully saturated rings. The molecule has 3 saturated heterocycles. The van der Waals surface area contributed by atoms with Crippen molar-refractivity contribution in [3.63, 3.8) is 0 Å². The van der Waals surface area contributed by atoms with Crippen molar-refractivity contribution < 1.29 is 13.9 Å². The Balaban J connectivity index is 1.21. The first kappa shape index (κ1) is 28.1. The maximum Gasteiger partial charge on any atom is 0.164 e. The van der Waals surface area contributed by atoms with E-state index in [2.05, 4.69) is 45.0 Å². The first-order valence-electron chi connectivity index (χ1n) is 15.2. The van der Waals surface area contributed by atoms with Crippen molar-refractivity contribution in [2.24, 2.45) is 5.92 Å². The van der Waals surface area contributed by atoms with Crippen molar-refractivity contribution in [3.8, 4) is 11.8 Å². The molecule has 0 amide bonds. The number of benzene rings is 1. The Kier molecular flexibility index (Phi) is 8.45. The molecule has 9 heteroatoms. The van der Waals surface area contributed by atoms with Crippen LogP contribution in [0.15, 0.2) is 36.9 Å². The highest BCUT2D eigenvalue weighted by Gasteiger charge is 2.52. The van der Waals surface area contributed by atoms with E-state index in [1.165, 1.54) is 6.42 Å². The topological polar surface area (TPSA) is 76.0 Å². The summed E-state index contributed by atoms with van der Waals surface area (Å²) in [5.41, 5.74) is 0.167. The number of para-hydroxylation sites is 1. The molecule has 8 atom stereocenters. The highest BCUT2D eigenvalue weighted by Crippen LogP contribution is 2.49. The van der Waals surface area contributed by atoms with Gasteiger partial charge in [-0.3, -0.25) is 20.4 Å². The van der Waals surface area contributed by atoms with Gasteiger partial charge < -0.3 is 14.4 Å². The summed E-state index contributed by atoms with van der Waals surface area (Å²) < 4.78 is 28.6. The fourth-order valence-electron chi connectivity index (χ4n) is 7.93. The third kappa shape index (κ3) is 5.67. The summed E-state index contributed by atoms with van der Waals surface area (Å²) in [5.74, 6) is 1.03. The van der Waals surface area contributed by atoms with Crippen LogP contribution in [0.3, 0.4) is 0 Å². The molecular weight excluding hydrogens is 507 g/mol. The predicted octanol–water partition coefficient (Wildman–Crippen LogP) is 3.39.